The van der Waals surface area contributed by atoms with Crippen molar-refractivity contribution in [2.24, 2.45) is 11.7 Å². The summed E-state index contributed by atoms with van der Waals surface area (Å²) in [7, 11) is 0. The van der Waals surface area contributed by atoms with Gasteiger partial charge in [-0.3, -0.25) is 9.69 Å². The highest BCUT2D eigenvalue weighted by Gasteiger charge is 2.42. The number of nitrogens with two attached hydrogens (primary N) is 1. The molecule has 1 aliphatic rings. The van der Waals surface area contributed by atoms with Gasteiger partial charge in [0.05, 0.1) is 19.0 Å². The minimum absolute atomic E-state index is 0.0933. The van der Waals surface area contributed by atoms with Gasteiger partial charge in [-0.25, -0.2) is 4.79 Å². The van der Waals surface area contributed by atoms with Crippen LogP contribution in [0.15, 0.2) is 36.4 Å². The highest BCUT2D eigenvalue weighted by molar-refractivity contribution is 5.77. The zero-order valence-corrected chi connectivity index (χ0v) is 27.2. The number of hydrogen-bond donors (Lipinski definition) is 3. The molecule has 0 aliphatic carbocycles. The van der Waals surface area contributed by atoms with Crippen LogP contribution in [-0.2, 0) is 22.4 Å². The molecule has 42 heavy (non-hydrogen) atoms. The van der Waals surface area contributed by atoms with E-state index in [0.29, 0.717) is 37.8 Å². The smallest absolute Gasteiger partial charge is 0.312 e. The summed E-state index contributed by atoms with van der Waals surface area (Å²) in [5.41, 5.74) is 13.2. The Morgan fingerprint density at radius 2 is 1.52 bits per heavy atom. The van der Waals surface area contributed by atoms with Crippen LogP contribution in [0.25, 0.3) is 0 Å². The summed E-state index contributed by atoms with van der Waals surface area (Å²) in [6.07, 6.45) is 6.54. The number of rotatable bonds is 15. The number of aryl methyl sites for hydroxylation is 6. The van der Waals surface area contributed by atoms with Gasteiger partial charge in [-0.1, -0.05) is 50.2 Å². The third-order valence-electron chi connectivity index (χ3n) is 9.11. The highest BCUT2D eigenvalue weighted by Crippen LogP contribution is 2.19. The molecule has 1 heterocycles. The maximum absolute atomic E-state index is 13.8. The fourth-order valence-corrected chi connectivity index (χ4v) is 6.31. The Labute approximate surface area is 255 Å². The summed E-state index contributed by atoms with van der Waals surface area (Å²) in [4.78, 5) is 30.8. The number of amides is 2. The summed E-state index contributed by atoms with van der Waals surface area (Å²) in [6, 6.07) is 13.3. The second-order valence-corrected chi connectivity index (χ2v) is 13.1. The molecular weight excluding hydrogens is 520 g/mol. The number of nitrogens with zero attached hydrogens (tertiary/aromatic N) is 1. The number of piperazine rings is 1. The van der Waals surface area contributed by atoms with E-state index in [-0.39, 0.29) is 18.0 Å². The van der Waals surface area contributed by atoms with Crippen LogP contribution in [0, 0.1) is 33.6 Å². The minimum atomic E-state index is 0.0933. The van der Waals surface area contributed by atoms with Gasteiger partial charge in [0.1, 0.15) is 12.6 Å². The third kappa shape index (κ3) is 10.3. The standard InChI is InChI=1S/C36H56N4O2/c1-26(2)21-34-25-39(35(41)16-14-31-12-10-27(3)29(5)22-31)33(9-7-8-19-38-20-18-37)24-40(34)36(42)17-15-32-13-11-28(4)30(6)23-32/h10-13,22-23,26,33-34,38H,7-9,14-21,24-25,37H2,1-6H3/p+1/t33-,34+/m0/s1. The topological polar surface area (TPSA) is 79.9 Å². The second kappa shape index (κ2) is 16.9. The number of carbonyl (C=O) groups is 2. The van der Waals surface area contributed by atoms with Crippen LogP contribution in [0.5, 0.6) is 0 Å². The first kappa shape index (κ1) is 34.0. The van der Waals surface area contributed by atoms with E-state index in [9.17, 15) is 9.59 Å². The lowest BCUT2D eigenvalue weighted by atomic mass is 9.94. The molecule has 2 aromatic carbocycles. The summed E-state index contributed by atoms with van der Waals surface area (Å²) < 4.78 is 0. The molecule has 2 aromatic rings. The van der Waals surface area contributed by atoms with Crippen LogP contribution in [0.3, 0.4) is 0 Å². The van der Waals surface area contributed by atoms with Crippen molar-refractivity contribution >= 4 is 11.8 Å². The molecule has 0 bridgehead atoms. The lowest BCUT2D eigenvalue weighted by molar-refractivity contribution is -0.858. The average Bonchev–Trinajstić information content (AvgIpc) is 2.95. The predicted molar refractivity (Wildman–Crippen MR) is 174 cm³/mol. The lowest BCUT2D eigenvalue weighted by Crippen LogP contribution is -3.21. The van der Waals surface area contributed by atoms with E-state index in [1.54, 1.807) is 0 Å². The van der Waals surface area contributed by atoms with Crippen LogP contribution in [-0.4, -0.2) is 61.5 Å². The normalized spacial score (nSPS) is 19.0. The summed E-state index contributed by atoms with van der Waals surface area (Å²) in [5, 5.41) is 3.38. The largest absolute Gasteiger partial charge is 0.329 e. The van der Waals surface area contributed by atoms with Crippen LogP contribution >= 0.6 is 0 Å². The average molecular weight is 578 g/mol. The van der Waals surface area contributed by atoms with E-state index in [0.717, 1.165) is 63.1 Å². The van der Waals surface area contributed by atoms with Crippen molar-refractivity contribution in [3.05, 3.63) is 69.8 Å². The Morgan fingerprint density at radius 3 is 2.10 bits per heavy atom. The van der Waals surface area contributed by atoms with Gasteiger partial charge in [0, 0.05) is 25.9 Å². The van der Waals surface area contributed by atoms with Crippen LogP contribution < -0.4 is 16.0 Å². The first-order valence-electron chi connectivity index (χ1n) is 16.3. The molecule has 0 spiro atoms. The monoisotopic (exact) mass is 577 g/mol. The first-order chi connectivity index (χ1) is 20.1. The number of quaternary nitrogens is 1. The van der Waals surface area contributed by atoms with E-state index in [4.69, 9.17) is 5.73 Å². The maximum Gasteiger partial charge on any atom is 0.312 e. The number of hydrogen-bond acceptors (Lipinski definition) is 4. The van der Waals surface area contributed by atoms with Crippen molar-refractivity contribution in [1.82, 2.24) is 10.2 Å². The van der Waals surface area contributed by atoms with Gasteiger partial charge in [0.2, 0.25) is 5.91 Å². The summed E-state index contributed by atoms with van der Waals surface area (Å²) >= 11 is 0. The zero-order chi connectivity index (χ0) is 30.6. The van der Waals surface area contributed by atoms with Gasteiger partial charge >= 0.3 is 5.91 Å². The molecule has 3 rings (SSSR count). The molecule has 3 atom stereocenters. The van der Waals surface area contributed by atoms with Gasteiger partial charge in [-0.15, -0.1) is 0 Å². The summed E-state index contributed by atoms with van der Waals surface area (Å²) in [6.45, 7) is 16.8. The fourth-order valence-electron chi connectivity index (χ4n) is 6.31. The van der Waals surface area contributed by atoms with Crippen LogP contribution in [0.1, 0.15) is 85.8 Å². The van der Waals surface area contributed by atoms with E-state index >= 15 is 0 Å². The third-order valence-corrected chi connectivity index (χ3v) is 9.11. The molecule has 4 N–H and O–H groups in total. The molecular formula is C36H57N4O2+. The molecule has 6 heteroatoms. The van der Waals surface area contributed by atoms with Crippen molar-refractivity contribution in [1.29, 1.82) is 0 Å². The number of benzene rings is 2. The van der Waals surface area contributed by atoms with E-state index < -0.39 is 0 Å². The van der Waals surface area contributed by atoms with Crippen molar-refractivity contribution < 1.29 is 14.5 Å². The number of nitrogens with one attached hydrogen (secondary N) is 2. The van der Waals surface area contributed by atoms with Crippen molar-refractivity contribution in [2.45, 2.75) is 105 Å². The molecule has 1 unspecified atom stereocenters. The van der Waals surface area contributed by atoms with Crippen molar-refractivity contribution in [3.63, 3.8) is 0 Å². The van der Waals surface area contributed by atoms with Gasteiger partial charge in [-0.2, -0.15) is 0 Å². The zero-order valence-electron chi connectivity index (χ0n) is 27.2. The fraction of sp³-hybridized carbons (Fsp3) is 0.611. The molecule has 232 valence electrons. The van der Waals surface area contributed by atoms with Crippen molar-refractivity contribution in [3.8, 4) is 0 Å². The molecule has 0 saturated carbocycles. The van der Waals surface area contributed by atoms with E-state index in [1.807, 2.05) is 0 Å². The first-order valence-corrected chi connectivity index (χ1v) is 16.3. The molecule has 1 saturated heterocycles. The van der Waals surface area contributed by atoms with E-state index in [1.165, 1.54) is 33.4 Å². The van der Waals surface area contributed by atoms with Crippen LogP contribution in [0.2, 0.25) is 0 Å². The summed E-state index contributed by atoms with van der Waals surface area (Å²) in [5.74, 6) is 1.00. The predicted octanol–water partition coefficient (Wildman–Crippen LogP) is 4.24. The quantitative estimate of drug-likeness (QED) is 0.277. The Hall–Kier alpha value is -2.54. The number of carbonyl (C=O) groups excluding carboxylic acids is 2. The van der Waals surface area contributed by atoms with Crippen molar-refractivity contribution in [2.75, 3.05) is 32.7 Å². The Morgan fingerprint density at radius 1 is 0.905 bits per heavy atom. The Balaban J connectivity index is 1.73. The highest BCUT2D eigenvalue weighted by atomic mass is 16.2. The van der Waals surface area contributed by atoms with Gasteiger partial charge in [0.25, 0.3) is 0 Å². The van der Waals surface area contributed by atoms with Gasteiger partial charge < -0.3 is 16.0 Å². The van der Waals surface area contributed by atoms with E-state index in [2.05, 4.69) is 88.2 Å². The molecule has 6 nitrogen and oxygen atoms in total. The number of unbranched alkanes of at least 4 members (excludes halogenated alkanes) is 1. The van der Waals surface area contributed by atoms with Gasteiger partial charge in [-0.05, 0) is 106 Å². The minimum Gasteiger partial charge on any atom is -0.329 e. The Kier molecular flexibility index (Phi) is 13.7. The second-order valence-electron chi connectivity index (χ2n) is 13.1. The molecule has 2 amide bonds. The van der Waals surface area contributed by atoms with Crippen LogP contribution in [0.4, 0.5) is 0 Å². The lowest BCUT2D eigenvalue weighted by Gasteiger charge is -2.43. The molecule has 1 aliphatic heterocycles. The molecule has 0 aromatic heterocycles. The Bertz CT molecular complexity index is 1160. The molecule has 0 radical (unpaired) electrons. The SMILES string of the molecule is Cc1ccc(CCC(=O)N2C[C@@H](CC(C)C)[NH+](C(=O)CCc3ccc(C)c(C)c3)C[C@@H]2CCCCNCCN)cc1C. The maximum atomic E-state index is 13.8. The molecule has 1 fully saturated rings. The van der Waals surface area contributed by atoms with Gasteiger partial charge in [0.15, 0.2) is 0 Å².